The van der Waals surface area contributed by atoms with Crippen LogP contribution in [0.2, 0.25) is 0 Å². The first-order valence-electron chi connectivity index (χ1n) is 3.56. The lowest BCUT2D eigenvalue weighted by Crippen LogP contribution is -2.55. The van der Waals surface area contributed by atoms with Crippen molar-refractivity contribution in [3.05, 3.63) is 0 Å². The summed E-state index contributed by atoms with van der Waals surface area (Å²) in [6, 6.07) is 0. The summed E-state index contributed by atoms with van der Waals surface area (Å²) in [7, 11) is 3.15. The number of hydrogen-bond acceptors (Lipinski definition) is 3. The molecule has 5 heteroatoms. The highest BCUT2D eigenvalue weighted by Crippen LogP contribution is 2.13. The zero-order valence-corrected chi connectivity index (χ0v) is 8.01. The molecule has 1 fully saturated rings. The van der Waals surface area contributed by atoms with Crippen LogP contribution in [0.15, 0.2) is 0 Å². The van der Waals surface area contributed by atoms with Gasteiger partial charge < -0.3 is 0 Å². The molecule has 1 heterocycles. The van der Waals surface area contributed by atoms with Gasteiger partial charge in [-0.25, -0.2) is 0 Å². The second-order valence-electron chi connectivity index (χ2n) is 2.80. The molecule has 0 spiro atoms. The molecule has 0 aliphatic carbocycles. The molecule has 1 saturated heterocycles. The molecule has 12 heavy (non-hydrogen) atoms. The first-order chi connectivity index (χ1) is 5.46. The van der Waals surface area contributed by atoms with Crippen LogP contribution >= 0.6 is 12.2 Å². The molecular formula is C7H10N2O2S. The lowest BCUT2D eigenvalue weighted by molar-refractivity contribution is -0.144. The Balaban J connectivity index is 2.99. The van der Waals surface area contributed by atoms with Gasteiger partial charge in [-0.2, -0.15) is 0 Å². The maximum absolute atomic E-state index is 11.3. The van der Waals surface area contributed by atoms with E-state index in [0.717, 1.165) is 0 Å². The van der Waals surface area contributed by atoms with Gasteiger partial charge in [0.15, 0.2) is 5.11 Å². The highest BCUT2D eigenvalue weighted by atomic mass is 32.1. The predicted octanol–water partition coefficient (Wildman–Crippen LogP) is -0.162. The normalized spacial score (nSPS) is 20.8. The molecule has 66 valence electrons. The maximum atomic E-state index is 11.3. The molecule has 0 atom stereocenters. The fraction of sp³-hybridized carbons (Fsp3) is 0.571. The van der Waals surface area contributed by atoms with Crippen molar-refractivity contribution in [2.45, 2.75) is 6.92 Å². The lowest BCUT2D eigenvalue weighted by atomic mass is 10.1. The summed E-state index contributed by atoms with van der Waals surface area (Å²) < 4.78 is 0. The zero-order chi connectivity index (χ0) is 9.46. The Kier molecular flexibility index (Phi) is 2.14. The third-order valence-electron chi connectivity index (χ3n) is 1.98. The Morgan fingerprint density at radius 3 is 1.83 bits per heavy atom. The molecular weight excluding hydrogens is 176 g/mol. The smallest absolute Gasteiger partial charge is 0.240 e. The van der Waals surface area contributed by atoms with E-state index in [9.17, 15) is 9.59 Å². The number of carbonyl (C=O) groups excluding carboxylic acids is 2. The third kappa shape index (κ3) is 1.10. The Morgan fingerprint density at radius 1 is 1.17 bits per heavy atom. The molecule has 0 aromatic carbocycles. The van der Waals surface area contributed by atoms with Crippen molar-refractivity contribution in [3.8, 4) is 0 Å². The van der Waals surface area contributed by atoms with E-state index in [4.69, 9.17) is 12.2 Å². The quantitative estimate of drug-likeness (QED) is 0.390. The summed E-state index contributed by atoms with van der Waals surface area (Å²) >= 11 is 4.87. The molecule has 0 radical (unpaired) electrons. The molecule has 2 amide bonds. The van der Waals surface area contributed by atoms with Crippen molar-refractivity contribution in [2.75, 3.05) is 14.1 Å². The first kappa shape index (κ1) is 9.12. The lowest BCUT2D eigenvalue weighted by Gasteiger charge is -2.33. The van der Waals surface area contributed by atoms with Crippen molar-refractivity contribution in [3.63, 3.8) is 0 Å². The van der Waals surface area contributed by atoms with Crippen LogP contribution in [0.25, 0.3) is 0 Å². The average Bonchev–Trinajstić information content (AvgIpc) is 2.08. The standard InChI is InChI=1S/C7H10N2O2S/c1-4-5(10)8(2)7(12)9(3)6(4)11/h4H,1-3H3. The van der Waals surface area contributed by atoms with Crippen LogP contribution in [-0.2, 0) is 9.59 Å². The van der Waals surface area contributed by atoms with Crippen LogP contribution in [0.3, 0.4) is 0 Å². The summed E-state index contributed by atoms with van der Waals surface area (Å²) in [5.41, 5.74) is 0. The van der Waals surface area contributed by atoms with Gasteiger partial charge in [0, 0.05) is 14.1 Å². The maximum Gasteiger partial charge on any atom is 0.240 e. The van der Waals surface area contributed by atoms with Crippen molar-refractivity contribution in [1.29, 1.82) is 0 Å². The number of carbonyl (C=O) groups is 2. The van der Waals surface area contributed by atoms with E-state index in [1.165, 1.54) is 9.80 Å². The van der Waals surface area contributed by atoms with Crippen LogP contribution in [0.5, 0.6) is 0 Å². The fourth-order valence-electron chi connectivity index (χ4n) is 1.10. The van der Waals surface area contributed by atoms with Crippen molar-refractivity contribution >= 4 is 29.1 Å². The average molecular weight is 186 g/mol. The summed E-state index contributed by atoms with van der Waals surface area (Å²) in [5.74, 6) is -1.07. The number of amides is 2. The number of hydrogen-bond donors (Lipinski definition) is 0. The Hall–Kier alpha value is -0.970. The summed E-state index contributed by atoms with van der Waals surface area (Å²) in [6.45, 7) is 1.58. The second-order valence-corrected chi connectivity index (χ2v) is 3.16. The van der Waals surface area contributed by atoms with Crippen molar-refractivity contribution < 1.29 is 9.59 Å². The summed E-state index contributed by atoms with van der Waals surface area (Å²) in [6.07, 6.45) is 0. The summed E-state index contributed by atoms with van der Waals surface area (Å²) in [4.78, 5) is 25.2. The molecule has 0 aromatic heterocycles. The molecule has 0 aromatic rings. The number of nitrogens with zero attached hydrogens (tertiary/aromatic N) is 2. The first-order valence-corrected chi connectivity index (χ1v) is 3.96. The predicted molar refractivity (Wildman–Crippen MR) is 47.3 cm³/mol. The molecule has 1 aliphatic rings. The van der Waals surface area contributed by atoms with Crippen LogP contribution in [0.1, 0.15) is 6.92 Å². The highest BCUT2D eigenvalue weighted by molar-refractivity contribution is 7.80. The van der Waals surface area contributed by atoms with Gasteiger partial charge in [-0.3, -0.25) is 19.4 Å². The van der Waals surface area contributed by atoms with E-state index in [2.05, 4.69) is 0 Å². The van der Waals surface area contributed by atoms with E-state index in [0.29, 0.717) is 0 Å². The van der Waals surface area contributed by atoms with Gasteiger partial charge in [-0.05, 0) is 19.1 Å². The van der Waals surface area contributed by atoms with Gasteiger partial charge in [0.25, 0.3) is 0 Å². The molecule has 0 unspecified atom stereocenters. The van der Waals surface area contributed by atoms with Crippen LogP contribution in [-0.4, -0.2) is 40.8 Å². The molecule has 4 nitrogen and oxygen atoms in total. The fourth-order valence-corrected chi connectivity index (χ4v) is 1.28. The highest BCUT2D eigenvalue weighted by Gasteiger charge is 2.36. The van der Waals surface area contributed by atoms with E-state index in [1.54, 1.807) is 21.0 Å². The Labute approximate surface area is 76.1 Å². The van der Waals surface area contributed by atoms with Crippen molar-refractivity contribution in [1.82, 2.24) is 9.80 Å². The zero-order valence-electron chi connectivity index (χ0n) is 7.20. The minimum Gasteiger partial charge on any atom is -0.291 e. The van der Waals surface area contributed by atoms with Gasteiger partial charge in [0.05, 0.1) is 0 Å². The van der Waals surface area contributed by atoms with Gasteiger partial charge in [0.2, 0.25) is 11.8 Å². The van der Waals surface area contributed by atoms with Gasteiger partial charge in [0.1, 0.15) is 5.92 Å². The SMILES string of the molecule is CC1C(=O)N(C)C(=S)N(C)C1=O. The second kappa shape index (κ2) is 2.82. The molecule has 1 aliphatic heterocycles. The number of rotatable bonds is 0. The largest absolute Gasteiger partial charge is 0.291 e. The van der Waals surface area contributed by atoms with Crippen LogP contribution in [0, 0.1) is 5.92 Å². The van der Waals surface area contributed by atoms with Gasteiger partial charge in [-0.15, -0.1) is 0 Å². The van der Waals surface area contributed by atoms with Crippen LogP contribution in [0.4, 0.5) is 0 Å². The monoisotopic (exact) mass is 186 g/mol. The Bertz CT molecular complexity index is 203. The molecule has 0 saturated carbocycles. The Morgan fingerprint density at radius 2 is 1.50 bits per heavy atom. The van der Waals surface area contributed by atoms with E-state index in [-0.39, 0.29) is 16.9 Å². The van der Waals surface area contributed by atoms with E-state index in [1.807, 2.05) is 0 Å². The molecule has 0 bridgehead atoms. The minimum absolute atomic E-state index is 0.233. The molecule has 0 N–H and O–H groups in total. The number of thiocarbonyl (C=S) groups is 1. The van der Waals surface area contributed by atoms with E-state index < -0.39 is 5.92 Å². The third-order valence-corrected chi connectivity index (χ3v) is 2.52. The molecule has 1 rings (SSSR count). The van der Waals surface area contributed by atoms with Gasteiger partial charge in [-0.1, -0.05) is 0 Å². The topological polar surface area (TPSA) is 40.6 Å². The minimum atomic E-state index is -0.605. The van der Waals surface area contributed by atoms with E-state index >= 15 is 0 Å². The van der Waals surface area contributed by atoms with Crippen molar-refractivity contribution in [2.24, 2.45) is 5.92 Å². The van der Waals surface area contributed by atoms with Gasteiger partial charge >= 0.3 is 0 Å². The van der Waals surface area contributed by atoms with Crippen LogP contribution < -0.4 is 0 Å². The summed E-state index contributed by atoms with van der Waals surface area (Å²) in [5, 5.41) is 0.267.